The molecule has 1 atom stereocenters. The van der Waals surface area contributed by atoms with E-state index in [-0.39, 0.29) is 5.41 Å². The minimum atomic E-state index is -0.0580. The van der Waals surface area contributed by atoms with Gasteiger partial charge in [0.15, 0.2) is 5.69 Å². The van der Waals surface area contributed by atoms with Crippen molar-refractivity contribution in [3.63, 3.8) is 0 Å². The van der Waals surface area contributed by atoms with E-state index in [1.807, 2.05) is 36.5 Å². The van der Waals surface area contributed by atoms with Crippen molar-refractivity contribution in [2.45, 2.75) is 31.2 Å². The van der Waals surface area contributed by atoms with E-state index in [2.05, 4.69) is 58.1 Å². The molecule has 5 heteroatoms. The predicted molar refractivity (Wildman–Crippen MR) is 140 cm³/mol. The Hall–Kier alpha value is -3.20. The summed E-state index contributed by atoms with van der Waals surface area (Å²) in [4.78, 5) is 13.4. The van der Waals surface area contributed by atoms with E-state index in [4.69, 9.17) is 16.3 Å². The number of hydrogen-bond donors (Lipinski definition) is 0. The van der Waals surface area contributed by atoms with Crippen molar-refractivity contribution in [3.8, 4) is 5.75 Å². The molecule has 5 rings (SSSR count). The molecule has 0 radical (unpaired) electrons. The Kier molecular flexibility index (Phi) is 7.13. The van der Waals surface area contributed by atoms with Crippen LogP contribution in [0.4, 0.5) is 5.69 Å². The summed E-state index contributed by atoms with van der Waals surface area (Å²) in [5.41, 5.74) is 4.73. The average molecular weight is 467 g/mol. The van der Waals surface area contributed by atoms with Crippen molar-refractivity contribution in [1.29, 1.82) is 0 Å². The first-order chi connectivity index (χ1) is 17.2. The Morgan fingerprint density at radius 2 is 1.80 bits per heavy atom. The molecule has 5 nitrogen and oxygen atoms in total. The van der Waals surface area contributed by atoms with Crippen LogP contribution < -0.4 is 4.74 Å². The molecule has 0 N–H and O–H groups in total. The fourth-order valence-electron chi connectivity index (χ4n) is 6.10. The third kappa shape index (κ3) is 4.96. The molecule has 1 saturated heterocycles. The first-order valence-corrected chi connectivity index (χ1v) is 12.7. The van der Waals surface area contributed by atoms with Crippen LogP contribution in [-0.4, -0.2) is 54.6 Å². The van der Waals surface area contributed by atoms with Gasteiger partial charge in [-0.15, -0.1) is 0 Å². The van der Waals surface area contributed by atoms with Crippen LogP contribution in [0.3, 0.4) is 0 Å². The van der Waals surface area contributed by atoms with Crippen LogP contribution in [0.1, 0.15) is 36.1 Å². The second-order valence-corrected chi connectivity index (χ2v) is 9.94. The molecule has 0 amide bonds. The predicted octanol–water partition coefficient (Wildman–Crippen LogP) is 5.54. The van der Waals surface area contributed by atoms with Gasteiger partial charge in [-0.1, -0.05) is 42.5 Å². The molecule has 0 saturated carbocycles. The number of likely N-dealkylation sites (tertiary alicyclic amines) is 1. The van der Waals surface area contributed by atoms with Crippen LogP contribution in [-0.2, 0) is 12.0 Å². The average Bonchev–Trinajstić information content (AvgIpc) is 2.92. The molecule has 35 heavy (non-hydrogen) atoms. The van der Waals surface area contributed by atoms with Gasteiger partial charge in [-0.3, -0.25) is 4.98 Å². The van der Waals surface area contributed by atoms with Crippen LogP contribution in [0.25, 0.3) is 4.85 Å². The van der Waals surface area contributed by atoms with Gasteiger partial charge in [0.25, 0.3) is 0 Å². The second kappa shape index (κ2) is 10.6. The van der Waals surface area contributed by atoms with Crippen LogP contribution >= 0.6 is 0 Å². The van der Waals surface area contributed by atoms with Gasteiger partial charge >= 0.3 is 0 Å². The second-order valence-electron chi connectivity index (χ2n) is 9.94. The summed E-state index contributed by atoms with van der Waals surface area (Å²) in [6, 6.07) is 22.8. The summed E-state index contributed by atoms with van der Waals surface area (Å²) in [6.45, 7) is 13.1. The summed E-state index contributed by atoms with van der Waals surface area (Å²) in [5, 5.41) is 0. The highest BCUT2D eigenvalue weighted by atomic mass is 16.5. The van der Waals surface area contributed by atoms with Crippen molar-refractivity contribution in [1.82, 2.24) is 14.8 Å². The number of fused-ring (bicyclic) bond motifs is 1. The summed E-state index contributed by atoms with van der Waals surface area (Å²) >= 11 is 0. The maximum atomic E-state index is 7.05. The summed E-state index contributed by atoms with van der Waals surface area (Å²) in [5.74, 6) is 1.41. The molecular formula is C30H34N4O. The van der Waals surface area contributed by atoms with E-state index in [0.717, 1.165) is 44.9 Å². The third-order valence-electron chi connectivity index (χ3n) is 7.72. The number of nitrogens with zero attached hydrogens (tertiary/aromatic N) is 4. The molecule has 3 aromatic rings. The molecule has 2 aliphatic heterocycles. The number of rotatable bonds is 7. The van der Waals surface area contributed by atoms with Gasteiger partial charge in [-0.2, -0.15) is 0 Å². The zero-order valence-electron chi connectivity index (χ0n) is 20.6. The Bertz CT molecular complexity index is 1150. The van der Waals surface area contributed by atoms with Crippen molar-refractivity contribution >= 4 is 5.69 Å². The zero-order chi connectivity index (χ0) is 24.1. The molecule has 0 aliphatic carbocycles. The third-order valence-corrected chi connectivity index (χ3v) is 7.72. The molecule has 1 aromatic heterocycles. The van der Waals surface area contributed by atoms with Crippen LogP contribution in [0, 0.1) is 12.5 Å². The van der Waals surface area contributed by atoms with Crippen molar-refractivity contribution in [3.05, 3.63) is 101 Å². The van der Waals surface area contributed by atoms with Gasteiger partial charge in [-0.05, 0) is 80.7 Å². The number of ether oxygens (including phenoxy) is 1. The molecule has 0 spiro atoms. The van der Waals surface area contributed by atoms with E-state index < -0.39 is 0 Å². The van der Waals surface area contributed by atoms with E-state index >= 15 is 0 Å². The quantitative estimate of drug-likeness (QED) is 0.338. The van der Waals surface area contributed by atoms with E-state index in [0.29, 0.717) is 18.2 Å². The highest BCUT2D eigenvalue weighted by Gasteiger charge is 2.47. The highest BCUT2D eigenvalue weighted by Crippen LogP contribution is 2.47. The lowest BCUT2D eigenvalue weighted by Crippen LogP contribution is -2.53. The maximum Gasteiger partial charge on any atom is 0.187 e. The minimum Gasteiger partial charge on any atom is -0.494 e. The van der Waals surface area contributed by atoms with Gasteiger partial charge in [-0.25, -0.2) is 4.85 Å². The molecule has 1 unspecified atom stereocenters. The van der Waals surface area contributed by atoms with E-state index in [1.165, 1.54) is 29.7 Å². The molecular weight excluding hydrogens is 432 g/mol. The van der Waals surface area contributed by atoms with Gasteiger partial charge < -0.3 is 14.5 Å². The zero-order valence-corrected chi connectivity index (χ0v) is 20.6. The maximum absolute atomic E-state index is 7.05. The molecule has 1 fully saturated rings. The number of pyridine rings is 1. The Labute approximate surface area is 209 Å². The topological polar surface area (TPSA) is 33.0 Å². The number of benzene rings is 2. The fourth-order valence-corrected chi connectivity index (χ4v) is 6.10. The monoisotopic (exact) mass is 466 g/mol. The number of likely N-dealkylation sites (N-methyl/N-ethyl adjacent to an activating group) is 1. The Balaban J connectivity index is 1.24. The first-order valence-electron chi connectivity index (χ1n) is 12.7. The fraction of sp³-hybridized carbons (Fsp3) is 0.400. The van der Waals surface area contributed by atoms with Gasteiger partial charge in [0, 0.05) is 25.8 Å². The molecule has 180 valence electrons. The largest absolute Gasteiger partial charge is 0.494 e. The van der Waals surface area contributed by atoms with E-state index in [1.54, 1.807) is 0 Å². The van der Waals surface area contributed by atoms with Crippen LogP contribution in [0.2, 0.25) is 0 Å². The van der Waals surface area contributed by atoms with Gasteiger partial charge in [0.1, 0.15) is 5.75 Å². The van der Waals surface area contributed by atoms with Crippen molar-refractivity contribution in [2.75, 3.05) is 39.8 Å². The highest BCUT2D eigenvalue weighted by molar-refractivity contribution is 5.47. The van der Waals surface area contributed by atoms with Gasteiger partial charge in [0.05, 0.1) is 24.3 Å². The smallest absolute Gasteiger partial charge is 0.187 e. The van der Waals surface area contributed by atoms with E-state index in [9.17, 15) is 0 Å². The van der Waals surface area contributed by atoms with Crippen LogP contribution in [0.5, 0.6) is 5.75 Å². The van der Waals surface area contributed by atoms with Crippen molar-refractivity contribution < 1.29 is 4.74 Å². The SMILES string of the molecule is [C-]#[N+]c1ccc(OCCCN2CCC(C3(c4ccccn4)CN(C)Cc4ccccc43)CC2)cc1. The van der Waals surface area contributed by atoms with Gasteiger partial charge in [0.2, 0.25) is 0 Å². The minimum absolute atomic E-state index is 0.0580. The lowest BCUT2D eigenvalue weighted by molar-refractivity contribution is 0.103. The lowest BCUT2D eigenvalue weighted by Gasteiger charge is -2.50. The Morgan fingerprint density at radius 3 is 2.54 bits per heavy atom. The molecule has 2 aromatic carbocycles. The molecule has 2 aliphatic rings. The summed E-state index contributed by atoms with van der Waals surface area (Å²) in [7, 11) is 2.25. The summed E-state index contributed by atoms with van der Waals surface area (Å²) < 4.78 is 5.89. The standard InChI is InChI=1S/C30H34N4O/c1-31-26-11-13-27(14-12-26)35-21-7-18-34-19-15-25(16-20-34)30(29-10-5-6-17-32-29)23-33(2)22-24-8-3-4-9-28(24)30/h3-6,8-14,17,25H,7,15-16,18-23H2,2H3. The number of piperidine rings is 1. The molecule has 3 heterocycles. The number of hydrogen-bond acceptors (Lipinski definition) is 4. The first kappa shape index (κ1) is 23.5. The van der Waals surface area contributed by atoms with Crippen molar-refractivity contribution in [2.24, 2.45) is 5.92 Å². The molecule has 0 bridgehead atoms. The summed E-state index contributed by atoms with van der Waals surface area (Å²) in [6.07, 6.45) is 5.32. The van der Waals surface area contributed by atoms with Crippen LogP contribution in [0.15, 0.2) is 72.9 Å². The lowest BCUT2D eigenvalue weighted by atomic mass is 9.62. The normalized spacial score (nSPS) is 21.3. The Morgan fingerprint density at radius 1 is 1.03 bits per heavy atom. The number of aromatic nitrogens is 1.